The second-order valence-electron chi connectivity index (χ2n) is 13.0. The Balaban J connectivity index is 1.17. The molecule has 51 heavy (non-hydrogen) atoms. The monoisotopic (exact) mass is 651 g/mol. The standard InChI is InChI=1S/C48H33N3/c1-3-14-34(15-4-1)35-26-28-37(29-27-35)49(36-16-5-2-6-17-36)40-30-31-44-43-22-9-12-25-47(43)51(48(44)33-40)39-19-13-18-38(32-39)50-45-23-10-7-20-41(45)42-21-8-11-24-46(42)50/h1-33H. The van der Waals surface area contributed by atoms with E-state index in [1.807, 2.05) is 0 Å². The summed E-state index contributed by atoms with van der Waals surface area (Å²) < 4.78 is 4.82. The van der Waals surface area contributed by atoms with Crippen LogP contribution in [0, 0.1) is 0 Å². The van der Waals surface area contributed by atoms with E-state index in [4.69, 9.17) is 0 Å². The van der Waals surface area contributed by atoms with E-state index in [2.05, 4.69) is 214 Å². The van der Waals surface area contributed by atoms with Gasteiger partial charge in [0.2, 0.25) is 0 Å². The average Bonchev–Trinajstić information content (AvgIpc) is 3.72. The highest BCUT2D eigenvalue weighted by Crippen LogP contribution is 2.40. The second-order valence-corrected chi connectivity index (χ2v) is 13.0. The van der Waals surface area contributed by atoms with Crippen LogP contribution < -0.4 is 4.90 Å². The molecule has 0 aliphatic carbocycles. The zero-order chi connectivity index (χ0) is 33.7. The van der Waals surface area contributed by atoms with Gasteiger partial charge in [0.05, 0.1) is 22.1 Å². The second kappa shape index (κ2) is 11.9. The van der Waals surface area contributed by atoms with Gasteiger partial charge in [-0.2, -0.15) is 0 Å². The van der Waals surface area contributed by atoms with Crippen molar-refractivity contribution in [1.82, 2.24) is 9.13 Å². The number of hydrogen-bond acceptors (Lipinski definition) is 1. The fourth-order valence-corrected chi connectivity index (χ4v) is 7.81. The topological polar surface area (TPSA) is 13.1 Å². The van der Waals surface area contributed by atoms with Gasteiger partial charge < -0.3 is 14.0 Å². The molecule has 0 atom stereocenters. The largest absolute Gasteiger partial charge is 0.310 e. The first-order chi connectivity index (χ1) is 25.3. The lowest BCUT2D eigenvalue weighted by Gasteiger charge is -2.26. The molecule has 0 saturated carbocycles. The van der Waals surface area contributed by atoms with Gasteiger partial charge >= 0.3 is 0 Å². The molecule has 240 valence electrons. The molecule has 3 heteroatoms. The minimum atomic E-state index is 1.10. The summed E-state index contributed by atoms with van der Waals surface area (Å²) in [4.78, 5) is 2.35. The minimum Gasteiger partial charge on any atom is -0.310 e. The number of anilines is 3. The normalized spacial score (nSPS) is 11.5. The van der Waals surface area contributed by atoms with Crippen molar-refractivity contribution in [2.24, 2.45) is 0 Å². The summed E-state index contributed by atoms with van der Waals surface area (Å²) in [5.74, 6) is 0. The van der Waals surface area contributed by atoms with Gasteiger partial charge in [-0.05, 0) is 83.9 Å². The first-order valence-electron chi connectivity index (χ1n) is 17.4. The molecule has 2 heterocycles. The molecule has 10 rings (SSSR count). The molecule has 0 unspecified atom stereocenters. The SMILES string of the molecule is c1ccc(-c2ccc(N(c3ccccc3)c3ccc4c5ccccc5n(-c5cccc(-n6c7ccccc7c7ccccc76)c5)c4c3)cc2)cc1. The maximum atomic E-state index is 2.42. The lowest BCUT2D eigenvalue weighted by atomic mass is 10.0. The summed E-state index contributed by atoms with van der Waals surface area (Å²) in [6.07, 6.45) is 0. The summed E-state index contributed by atoms with van der Waals surface area (Å²) in [5, 5.41) is 4.99. The van der Waals surface area contributed by atoms with E-state index < -0.39 is 0 Å². The number of aromatic nitrogens is 2. The first-order valence-corrected chi connectivity index (χ1v) is 17.4. The van der Waals surface area contributed by atoms with Gasteiger partial charge in [-0.25, -0.2) is 0 Å². The molecule has 10 aromatic rings. The molecule has 0 aliphatic heterocycles. The molecule has 3 nitrogen and oxygen atoms in total. The van der Waals surface area contributed by atoms with Crippen LogP contribution in [0.4, 0.5) is 17.1 Å². The van der Waals surface area contributed by atoms with Gasteiger partial charge in [-0.3, -0.25) is 0 Å². The van der Waals surface area contributed by atoms with E-state index in [0.717, 1.165) is 34.0 Å². The van der Waals surface area contributed by atoms with Gasteiger partial charge in [0.15, 0.2) is 0 Å². The molecule has 0 saturated heterocycles. The Labute approximate surface area is 296 Å². The number of fused-ring (bicyclic) bond motifs is 6. The number of hydrogen-bond donors (Lipinski definition) is 0. The third-order valence-electron chi connectivity index (χ3n) is 10.1. The molecule has 0 aliphatic rings. The fraction of sp³-hybridized carbons (Fsp3) is 0. The molecule has 0 fully saturated rings. The summed E-state index contributed by atoms with van der Waals surface area (Å²) in [6, 6.07) is 72.1. The summed E-state index contributed by atoms with van der Waals surface area (Å²) in [7, 11) is 0. The Morgan fingerprint density at radius 3 is 1.29 bits per heavy atom. The molecule has 8 aromatic carbocycles. The Bertz CT molecular complexity index is 2790. The van der Waals surface area contributed by atoms with Crippen LogP contribution in [0.5, 0.6) is 0 Å². The predicted octanol–water partition coefficient (Wildman–Crippen LogP) is 13.0. The third-order valence-corrected chi connectivity index (χ3v) is 10.1. The van der Waals surface area contributed by atoms with Gasteiger partial charge in [0, 0.05) is 50.0 Å². The number of nitrogens with zero attached hydrogens (tertiary/aromatic N) is 3. The van der Waals surface area contributed by atoms with Crippen LogP contribution in [0.15, 0.2) is 200 Å². The Morgan fingerprint density at radius 1 is 0.275 bits per heavy atom. The van der Waals surface area contributed by atoms with Gasteiger partial charge in [0.1, 0.15) is 0 Å². The number of benzene rings is 8. The highest BCUT2D eigenvalue weighted by molar-refractivity contribution is 6.11. The maximum absolute atomic E-state index is 2.42. The van der Waals surface area contributed by atoms with Crippen molar-refractivity contribution in [2.75, 3.05) is 4.90 Å². The van der Waals surface area contributed by atoms with Crippen LogP contribution in [0.3, 0.4) is 0 Å². The van der Waals surface area contributed by atoms with E-state index in [9.17, 15) is 0 Å². The van der Waals surface area contributed by atoms with Crippen molar-refractivity contribution in [3.05, 3.63) is 200 Å². The van der Waals surface area contributed by atoms with Crippen molar-refractivity contribution in [1.29, 1.82) is 0 Å². The number of para-hydroxylation sites is 4. The van der Waals surface area contributed by atoms with Crippen molar-refractivity contribution >= 4 is 60.7 Å². The molecule has 0 radical (unpaired) electrons. The van der Waals surface area contributed by atoms with Crippen LogP contribution in [0.1, 0.15) is 0 Å². The van der Waals surface area contributed by atoms with Crippen molar-refractivity contribution < 1.29 is 0 Å². The molecule has 0 amide bonds. The Kier molecular flexibility index (Phi) is 6.81. The highest BCUT2D eigenvalue weighted by atomic mass is 15.1. The van der Waals surface area contributed by atoms with Crippen molar-refractivity contribution in [3.8, 4) is 22.5 Å². The highest BCUT2D eigenvalue weighted by Gasteiger charge is 2.18. The smallest absolute Gasteiger partial charge is 0.0561 e. The predicted molar refractivity (Wildman–Crippen MR) is 215 cm³/mol. The van der Waals surface area contributed by atoms with Gasteiger partial charge in [-0.15, -0.1) is 0 Å². The summed E-state index contributed by atoms with van der Waals surface area (Å²) >= 11 is 0. The van der Waals surface area contributed by atoms with E-state index in [0.29, 0.717) is 0 Å². The average molecular weight is 652 g/mol. The molecule has 0 spiro atoms. The lowest BCUT2D eigenvalue weighted by Crippen LogP contribution is -2.10. The van der Waals surface area contributed by atoms with Crippen LogP contribution in [0.2, 0.25) is 0 Å². The third kappa shape index (κ3) is 4.82. The van der Waals surface area contributed by atoms with Crippen LogP contribution >= 0.6 is 0 Å². The molecular weight excluding hydrogens is 619 g/mol. The molecular formula is C48H33N3. The maximum Gasteiger partial charge on any atom is 0.0561 e. The van der Waals surface area contributed by atoms with Gasteiger partial charge in [-0.1, -0.05) is 127 Å². The van der Waals surface area contributed by atoms with Crippen molar-refractivity contribution in [2.45, 2.75) is 0 Å². The zero-order valence-electron chi connectivity index (χ0n) is 27.9. The zero-order valence-corrected chi connectivity index (χ0v) is 27.9. The van der Waals surface area contributed by atoms with Crippen LogP contribution in [-0.4, -0.2) is 9.13 Å². The minimum absolute atomic E-state index is 1.10. The Morgan fingerprint density at radius 2 is 0.706 bits per heavy atom. The Hall–Kier alpha value is -6.84. The van der Waals surface area contributed by atoms with E-state index in [1.165, 1.54) is 49.2 Å². The first kappa shape index (κ1) is 29.1. The molecule has 0 N–H and O–H groups in total. The quantitative estimate of drug-likeness (QED) is 0.174. The van der Waals surface area contributed by atoms with E-state index in [-0.39, 0.29) is 0 Å². The van der Waals surface area contributed by atoms with Crippen LogP contribution in [0.25, 0.3) is 66.1 Å². The molecule has 0 bridgehead atoms. The number of rotatable bonds is 6. The summed E-state index contributed by atoms with van der Waals surface area (Å²) in [5.41, 5.74) is 12.7. The molecule has 2 aromatic heterocycles. The summed E-state index contributed by atoms with van der Waals surface area (Å²) in [6.45, 7) is 0. The van der Waals surface area contributed by atoms with Crippen molar-refractivity contribution in [3.63, 3.8) is 0 Å². The van der Waals surface area contributed by atoms with E-state index in [1.54, 1.807) is 0 Å². The lowest BCUT2D eigenvalue weighted by molar-refractivity contribution is 1.13. The fourth-order valence-electron chi connectivity index (χ4n) is 7.81. The van der Waals surface area contributed by atoms with Crippen LogP contribution in [-0.2, 0) is 0 Å². The van der Waals surface area contributed by atoms with Gasteiger partial charge in [0.25, 0.3) is 0 Å². The van der Waals surface area contributed by atoms with E-state index >= 15 is 0 Å².